The number of amidine groups is 1. The third-order valence-corrected chi connectivity index (χ3v) is 13.9. The number of pyridine rings is 1. The van der Waals surface area contributed by atoms with Crippen molar-refractivity contribution in [2.45, 2.75) is 130 Å². The first-order valence-corrected chi connectivity index (χ1v) is 26.8. The molecule has 3 heterocycles. The molecule has 0 saturated carbocycles. The van der Waals surface area contributed by atoms with Gasteiger partial charge >= 0.3 is 12.0 Å². The fraction of sp³-hybridized carbons (Fsp3) is 0.466. The maximum Gasteiger partial charge on any atom is 0.312 e. The lowest BCUT2D eigenvalue weighted by atomic mass is 9.86. The average molecular weight is 1060 g/mol. The van der Waals surface area contributed by atoms with Crippen molar-refractivity contribution in [2.75, 3.05) is 31.5 Å². The summed E-state index contributed by atoms with van der Waals surface area (Å²) in [5.41, 5.74) is 17.1. The van der Waals surface area contributed by atoms with Crippen LogP contribution in [0.5, 0.6) is 0 Å². The van der Waals surface area contributed by atoms with E-state index < -0.39 is 29.8 Å². The molecular formula is C58H73N9O10. The minimum atomic E-state index is -0.906. The molecule has 410 valence electrons. The van der Waals surface area contributed by atoms with Gasteiger partial charge < -0.3 is 37.1 Å². The van der Waals surface area contributed by atoms with Crippen LogP contribution in [0.15, 0.2) is 77.4 Å². The number of aromatic nitrogens is 1. The highest BCUT2D eigenvalue weighted by Crippen LogP contribution is 2.31. The van der Waals surface area contributed by atoms with Gasteiger partial charge in [-0.25, -0.2) is 9.79 Å². The van der Waals surface area contributed by atoms with Crippen LogP contribution < -0.4 is 27.4 Å². The molecule has 77 heavy (non-hydrogen) atoms. The van der Waals surface area contributed by atoms with Crippen molar-refractivity contribution in [1.82, 2.24) is 25.4 Å². The summed E-state index contributed by atoms with van der Waals surface area (Å²) in [5, 5.41) is 8.32. The van der Waals surface area contributed by atoms with Crippen LogP contribution in [0.3, 0.4) is 0 Å². The summed E-state index contributed by atoms with van der Waals surface area (Å²) < 4.78 is 5.78. The number of aliphatic imine (C=N–C) groups is 1. The molecule has 2 aromatic carbocycles. The van der Waals surface area contributed by atoms with Crippen LogP contribution in [0.2, 0.25) is 0 Å². The van der Waals surface area contributed by atoms with Crippen LogP contribution in [0.4, 0.5) is 16.2 Å². The van der Waals surface area contributed by atoms with Gasteiger partial charge in [0.05, 0.1) is 29.5 Å². The molecule has 0 spiro atoms. The number of fused-ring (bicyclic) bond motifs is 2. The van der Waals surface area contributed by atoms with E-state index in [0.29, 0.717) is 97.2 Å². The number of benzene rings is 2. The Morgan fingerprint density at radius 3 is 2.30 bits per heavy atom. The van der Waals surface area contributed by atoms with Crippen molar-refractivity contribution in [2.24, 2.45) is 34.2 Å². The number of ketones is 2. The first-order valence-electron chi connectivity index (χ1n) is 26.8. The number of rotatable bonds is 28. The van der Waals surface area contributed by atoms with Crippen molar-refractivity contribution in [1.29, 1.82) is 0 Å². The molecule has 3 atom stereocenters. The second kappa shape index (κ2) is 28.3. The first-order chi connectivity index (χ1) is 36.9. The van der Waals surface area contributed by atoms with E-state index >= 15 is 0 Å². The Kier molecular flexibility index (Phi) is 21.5. The van der Waals surface area contributed by atoms with Gasteiger partial charge in [0.1, 0.15) is 18.2 Å². The minimum Gasteiger partial charge on any atom is -0.461 e. The number of amides is 7. The number of nitrogens with zero attached hydrogens (tertiary/aromatic N) is 4. The molecule has 0 bridgehead atoms. The number of unbranched alkanes of at least 4 members (excludes halogenated alkanes) is 2. The Balaban J connectivity index is 0.990. The van der Waals surface area contributed by atoms with Gasteiger partial charge in [-0.2, -0.15) is 0 Å². The largest absolute Gasteiger partial charge is 0.461 e. The fourth-order valence-corrected chi connectivity index (χ4v) is 9.68. The molecule has 0 radical (unpaired) electrons. The summed E-state index contributed by atoms with van der Waals surface area (Å²) in [5.74, 6) is -3.34. The van der Waals surface area contributed by atoms with Crippen LogP contribution >= 0.6 is 0 Å². The number of hydrogen-bond donors (Lipinski definition) is 5. The zero-order valence-corrected chi connectivity index (χ0v) is 44.7. The Morgan fingerprint density at radius 2 is 1.61 bits per heavy atom. The molecule has 1 aliphatic carbocycles. The number of anilines is 1. The maximum absolute atomic E-state index is 13.8. The third-order valence-electron chi connectivity index (χ3n) is 13.9. The molecule has 7 N–H and O–H groups in total. The molecule has 19 nitrogen and oxygen atoms in total. The zero-order chi connectivity index (χ0) is 55.6. The van der Waals surface area contributed by atoms with Crippen molar-refractivity contribution in [3.05, 3.63) is 106 Å². The number of aryl methyl sites for hydroxylation is 1. The fourth-order valence-electron chi connectivity index (χ4n) is 9.68. The highest BCUT2D eigenvalue weighted by molar-refractivity contribution is 6.13. The third kappa shape index (κ3) is 17.1. The Bertz CT molecular complexity index is 2760. The highest BCUT2D eigenvalue weighted by Gasteiger charge is 2.31. The van der Waals surface area contributed by atoms with Crippen molar-refractivity contribution in [3.63, 3.8) is 0 Å². The minimum absolute atomic E-state index is 0.00397. The van der Waals surface area contributed by atoms with E-state index in [0.717, 1.165) is 24.1 Å². The summed E-state index contributed by atoms with van der Waals surface area (Å²) in [7, 11) is 0. The molecule has 3 aromatic rings. The maximum atomic E-state index is 13.8. The molecule has 1 aromatic heterocycles. The smallest absolute Gasteiger partial charge is 0.312 e. The SMILES string of the molecule is CCCN(CCC)C(=O)C1=Cc2ccc(C(=O)Nc3cnc4c(c3)CC(C(=O)OCc3ccc(CC(=O)[C@H](CCCNC(N)=O)NC(=O)[C@@H](CC(=O)CCCCCN5C(=O)C=CC5=O)C(C)C)cc3)CC4)cc2N=C(N)C1. The van der Waals surface area contributed by atoms with Gasteiger partial charge in [-0.1, -0.05) is 64.4 Å². The zero-order valence-electron chi connectivity index (χ0n) is 44.7. The van der Waals surface area contributed by atoms with E-state index in [1.807, 2.05) is 38.7 Å². The van der Waals surface area contributed by atoms with E-state index in [2.05, 4.69) is 25.9 Å². The first kappa shape index (κ1) is 58.4. The number of imide groups is 1. The molecule has 7 amide bonds. The second-order valence-electron chi connectivity index (χ2n) is 20.4. The van der Waals surface area contributed by atoms with Gasteiger partial charge in [0, 0.05) is 92.3 Å². The molecule has 19 heteroatoms. The normalized spacial score (nSPS) is 15.5. The lowest BCUT2D eigenvalue weighted by Gasteiger charge is -2.24. The summed E-state index contributed by atoms with van der Waals surface area (Å²) in [6, 6.07) is 12.4. The van der Waals surface area contributed by atoms with E-state index in [1.54, 1.807) is 54.7 Å². The van der Waals surface area contributed by atoms with Crippen LogP contribution in [0.25, 0.3) is 6.08 Å². The Hall–Kier alpha value is -7.83. The second-order valence-corrected chi connectivity index (χ2v) is 20.4. The molecular weight excluding hydrogens is 983 g/mol. The van der Waals surface area contributed by atoms with Gasteiger partial charge in [0.2, 0.25) is 11.8 Å². The van der Waals surface area contributed by atoms with Crippen molar-refractivity contribution < 1.29 is 47.9 Å². The molecule has 1 unspecified atom stereocenters. The number of hydrogen-bond acceptors (Lipinski definition) is 13. The Morgan fingerprint density at radius 1 is 0.896 bits per heavy atom. The predicted molar refractivity (Wildman–Crippen MR) is 291 cm³/mol. The number of carbonyl (C=O) groups is 9. The highest BCUT2D eigenvalue weighted by atomic mass is 16.5. The number of esters is 1. The van der Waals surface area contributed by atoms with E-state index in [-0.39, 0.29) is 105 Å². The quantitative estimate of drug-likeness (QED) is 0.0301. The number of ether oxygens (including phenoxy) is 1. The van der Waals surface area contributed by atoms with Gasteiger partial charge in [0.25, 0.3) is 17.7 Å². The van der Waals surface area contributed by atoms with E-state index in [9.17, 15) is 43.2 Å². The lowest BCUT2D eigenvalue weighted by molar-refractivity contribution is -0.150. The van der Waals surface area contributed by atoms with Crippen LogP contribution in [0, 0.1) is 17.8 Å². The van der Waals surface area contributed by atoms with E-state index in [1.165, 1.54) is 17.1 Å². The summed E-state index contributed by atoms with van der Waals surface area (Å²) in [6.45, 7) is 9.52. The van der Waals surface area contributed by atoms with Crippen LogP contribution in [-0.2, 0) is 64.2 Å². The standard InChI is InChI=1S/C58H73N9O10/c1-5-24-66(25-6-2)56(74)43-28-39-17-18-40(31-49(39)64-51(59)32-43)54(72)63-44-30-42-29-41(19-20-47(42)62-34-44)57(75)77-35-38-15-13-37(14-16-38)27-50(69)48(12-10-23-61-58(60)76)65-55(73)46(36(3)4)33-45(68)11-8-7-9-26-67-52(70)21-22-53(67)71/h13-18,21-22,28,30-31,34,36,41,46,48H,5-12,19-20,23-27,29,32-33,35H2,1-4H3,(H2,59,64)(H,63,72)(H,65,73)(H3,60,61,76)/t41?,46-,48-/m0/s1. The predicted octanol–water partition coefficient (Wildman–Crippen LogP) is 6.37. The van der Waals surface area contributed by atoms with Gasteiger partial charge in [0.15, 0.2) is 5.78 Å². The monoisotopic (exact) mass is 1060 g/mol. The number of urea groups is 1. The number of carbonyl (C=O) groups excluding carboxylic acids is 9. The molecule has 3 aliphatic rings. The van der Waals surface area contributed by atoms with Gasteiger partial charge in [-0.3, -0.25) is 48.2 Å². The van der Waals surface area contributed by atoms with Gasteiger partial charge in [-0.05, 0) is 105 Å². The number of primary amides is 1. The van der Waals surface area contributed by atoms with Crippen molar-refractivity contribution in [3.8, 4) is 0 Å². The topological polar surface area (TPSA) is 283 Å². The van der Waals surface area contributed by atoms with Crippen molar-refractivity contribution >= 4 is 76.4 Å². The molecule has 0 fully saturated rings. The van der Waals surface area contributed by atoms with E-state index in [4.69, 9.17) is 16.2 Å². The molecule has 0 saturated heterocycles. The van der Waals surface area contributed by atoms with Gasteiger partial charge in [-0.15, -0.1) is 0 Å². The van der Waals surface area contributed by atoms with Crippen LogP contribution in [0.1, 0.15) is 137 Å². The lowest BCUT2D eigenvalue weighted by Crippen LogP contribution is -2.46. The number of nitrogens with two attached hydrogens (primary N) is 2. The van der Waals surface area contributed by atoms with Crippen LogP contribution in [-0.4, -0.2) is 106 Å². The summed E-state index contributed by atoms with van der Waals surface area (Å²) in [6.07, 6.45) is 11.7. The molecule has 2 aliphatic heterocycles. The summed E-state index contributed by atoms with van der Waals surface area (Å²) in [4.78, 5) is 128. The average Bonchev–Trinajstić information content (AvgIpc) is 3.61. The molecule has 6 rings (SSSR count). The number of nitrogens with one attached hydrogen (secondary N) is 3. The Labute approximate surface area is 450 Å². The number of Topliss-reactive ketones (excluding diaryl/α,β-unsaturated/α-hetero) is 2. The summed E-state index contributed by atoms with van der Waals surface area (Å²) >= 11 is 0.